The maximum absolute atomic E-state index is 5.16. The first-order valence-electron chi connectivity index (χ1n) is 5.76. The number of hydrogen-bond acceptors (Lipinski definition) is 5. The fourth-order valence-corrected chi connectivity index (χ4v) is 2.25. The highest BCUT2D eigenvalue weighted by Crippen LogP contribution is 2.18. The third-order valence-electron chi connectivity index (χ3n) is 2.54. The average Bonchev–Trinajstić information content (AvgIpc) is 2.88. The van der Waals surface area contributed by atoms with Gasteiger partial charge in [-0.15, -0.1) is 11.8 Å². The molecule has 4 nitrogen and oxygen atoms in total. The molecular weight excluding hydrogens is 248 g/mol. The highest BCUT2D eigenvalue weighted by molar-refractivity contribution is 7.97. The van der Waals surface area contributed by atoms with Crippen LogP contribution in [0.4, 0.5) is 0 Å². The second-order valence-corrected chi connectivity index (χ2v) is 4.89. The first kappa shape index (κ1) is 13.1. The quantitative estimate of drug-likeness (QED) is 0.801. The third kappa shape index (κ3) is 3.58. The van der Waals surface area contributed by atoms with Crippen molar-refractivity contribution in [3.8, 4) is 0 Å². The van der Waals surface area contributed by atoms with E-state index in [2.05, 4.69) is 22.3 Å². The first-order chi connectivity index (χ1) is 8.79. The van der Waals surface area contributed by atoms with Crippen LogP contribution in [0.25, 0.3) is 0 Å². The molecule has 0 spiro atoms. The summed E-state index contributed by atoms with van der Waals surface area (Å²) in [5, 5.41) is 3.89. The standard InChI is InChI=1S/C13H16N2O2S/c1-10(16-2)13-14-12(17-15-13)9-18-8-11-6-4-3-5-7-11/h3-7,10H,8-9H2,1-2H3. The number of nitrogens with zero attached hydrogens (tertiary/aromatic N) is 2. The van der Waals surface area contributed by atoms with E-state index in [1.807, 2.05) is 25.1 Å². The summed E-state index contributed by atoms with van der Waals surface area (Å²) < 4.78 is 10.3. The van der Waals surface area contributed by atoms with Crippen LogP contribution in [0.5, 0.6) is 0 Å². The van der Waals surface area contributed by atoms with Crippen molar-refractivity contribution in [3.63, 3.8) is 0 Å². The summed E-state index contributed by atoms with van der Waals surface area (Å²) >= 11 is 1.76. The average molecular weight is 264 g/mol. The fourth-order valence-electron chi connectivity index (χ4n) is 1.43. The van der Waals surface area contributed by atoms with E-state index in [1.165, 1.54) is 5.56 Å². The second-order valence-electron chi connectivity index (χ2n) is 3.90. The van der Waals surface area contributed by atoms with E-state index in [-0.39, 0.29) is 6.10 Å². The lowest BCUT2D eigenvalue weighted by Crippen LogP contribution is -1.98. The Morgan fingerprint density at radius 2 is 2.06 bits per heavy atom. The highest BCUT2D eigenvalue weighted by Gasteiger charge is 2.12. The van der Waals surface area contributed by atoms with Crippen LogP contribution in [-0.2, 0) is 16.2 Å². The Bertz CT molecular complexity index is 473. The fraction of sp³-hybridized carbons (Fsp3) is 0.385. The molecule has 0 fully saturated rings. The van der Waals surface area contributed by atoms with E-state index >= 15 is 0 Å². The van der Waals surface area contributed by atoms with Gasteiger partial charge in [0.2, 0.25) is 5.89 Å². The zero-order valence-corrected chi connectivity index (χ0v) is 11.3. The van der Waals surface area contributed by atoms with Crippen molar-refractivity contribution in [1.82, 2.24) is 10.1 Å². The largest absolute Gasteiger partial charge is 0.374 e. The Hall–Kier alpha value is -1.33. The van der Waals surface area contributed by atoms with E-state index in [1.54, 1.807) is 18.9 Å². The smallest absolute Gasteiger partial charge is 0.236 e. The number of hydrogen-bond donors (Lipinski definition) is 0. The Kier molecular flexibility index (Phi) is 4.78. The minimum atomic E-state index is -0.123. The molecule has 0 saturated carbocycles. The zero-order valence-electron chi connectivity index (χ0n) is 10.5. The van der Waals surface area contributed by atoms with Crippen molar-refractivity contribution >= 4 is 11.8 Å². The number of thioether (sulfide) groups is 1. The molecule has 2 rings (SSSR count). The number of methoxy groups -OCH3 is 1. The van der Waals surface area contributed by atoms with Gasteiger partial charge in [0.25, 0.3) is 0 Å². The third-order valence-corrected chi connectivity index (χ3v) is 3.53. The summed E-state index contributed by atoms with van der Waals surface area (Å²) in [4.78, 5) is 4.29. The van der Waals surface area contributed by atoms with Crippen LogP contribution in [0.2, 0.25) is 0 Å². The van der Waals surface area contributed by atoms with Crippen LogP contribution < -0.4 is 0 Å². The van der Waals surface area contributed by atoms with Crippen molar-refractivity contribution in [2.24, 2.45) is 0 Å². The molecule has 1 unspecified atom stereocenters. The second kappa shape index (κ2) is 6.56. The van der Waals surface area contributed by atoms with Crippen LogP contribution in [0.3, 0.4) is 0 Å². The van der Waals surface area contributed by atoms with Gasteiger partial charge in [-0.1, -0.05) is 35.5 Å². The summed E-state index contributed by atoms with van der Waals surface area (Å²) in [5.41, 5.74) is 1.30. The first-order valence-corrected chi connectivity index (χ1v) is 6.92. The monoisotopic (exact) mass is 264 g/mol. The topological polar surface area (TPSA) is 48.2 Å². The Balaban J connectivity index is 1.82. The van der Waals surface area contributed by atoms with Crippen molar-refractivity contribution in [2.75, 3.05) is 7.11 Å². The molecule has 18 heavy (non-hydrogen) atoms. The lowest BCUT2D eigenvalue weighted by molar-refractivity contribution is 0.109. The molecule has 0 saturated heterocycles. The van der Waals surface area contributed by atoms with Crippen LogP contribution >= 0.6 is 11.8 Å². The van der Waals surface area contributed by atoms with Gasteiger partial charge in [-0.2, -0.15) is 4.98 Å². The number of aromatic nitrogens is 2. The Morgan fingerprint density at radius 1 is 1.28 bits per heavy atom. The van der Waals surface area contributed by atoms with Gasteiger partial charge in [-0.25, -0.2) is 0 Å². The molecule has 0 bridgehead atoms. The molecular formula is C13H16N2O2S. The van der Waals surface area contributed by atoms with Gasteiger partial charge in [0.15, 0.2) is 5.82 Å². The van der Waals surface area contributed by atoms with Crippen LogP contribution in [0.15, 0.2) is 34.9 Å². The van der Waals surface area contributed by atoms with Gasteiger partial charge in [-0.3, -0.25) is 0 Å². The van der Waals surface area contributed by atoms with E-state index in [9.17, 15) is 0 Å². The lowest BCUT2D eigenvalue weighted by atomic mass is 10.2. The van der Waals surface area contributed by atoms with Gasteiger partial charge in [0, 0.05) is 12.9 Å². The van der Waals surface area contributed by atoms with Gasteiger partial charge in [-0.05, 0) is 12.5 Å². The van der Waals surface area contributed by atoms with E-state index < -0.39 is 0 Å². The summed E-state index contributed by atoms with van der Waals surface area (Å²) in [5.74, 6) is 2.92. The summed E-state index contributed by atoms with van der Waals surface area (Å²) in [6.07, 6.45) is -0.123. The molecule has 0 radical (unpaired) electrons. The summed E-state index contributed by atoms with van der Waals surface area (Å²) in [6.45, 7) is 1.89. The molecule has 0 aliphatic rings. The van der Waals surface area contributed by atoms with Crippen molar-refractivity contribution in [1.29, 1.82) is 0 Å². The normalized spacial score (nSPS) is 12.6. The molecule has 0 N–H and O–H groups in total. The van der Waals surface area contributed by atoms with Crippen molar-refractivity contribution in [3.05, 3.63) is 47.6 Å². The lowest BCUT2D eigenvalue weighted by Gasteiger charge is -2.01. The molecule has 1 atom stereocenters. The summed E-state index contributed by atoms with van der Waals surface area (Å²) in [6, 6.07) is 10.3. The maximum atomic E-state index is 5.16. The van der Waals surface area contributed by atoms with Gasteiger partial charge in [0.1, 0.15) is 6.10 Å². The Morgan fingerprint density at radius 3 is 2.78 bits per heavy atom. The van der Waals surface area contributed by atoms with Gasteiger partial charge >= 0.3 is 0 Å². The number of benzene rings is 1. The molecule has 1 heterocycles. The van der Waals surface area contributed by atoms with Crippen molar-refractivity contribution in [2.45, 2.75) is 24.5 Å². The predicted octanol–water partition coefficient (Wildman–Crippen LogP) is 3.21. The zero-order chi connectivity index (χ0) is 12.8. The van der Waals surface area contributed by atoms with E-state index in [0.29, 0.717) is 11.7 Å². The minimum absolute atomic E-state index is 0.123. The molecule has 1 aromatic carbocycles. The van der Waals surface area contributed by atoms with Crippen LogP contribution in [0, 0.1) is 0 Å². The Labute approximate surface area is 111 Å². The SMILES string of the molecule is COC(C)c1noc(CSCc2ccccc2)n1. The molecule has 1 aromatic heterocycles. The highest BCUT2D eigenvalue weighted by atomic mass is 32.2. The number of ether oxygens (including phenoxy) is 1. The predicted molar refractivity (Wildman–Crippen MR) is 71.2 cm³/mol. The summed E-state index contributed by atoms with van der Waals surface area (Å²) in [7, 11) is 1.63. The van der Waals surface area contributed by atoms with E-state index in [4.69, 9.17) is 9.26 Å². The van der Waals surface area contributed by atoms with Gasteiger partial charge < -0.3 is 9.26 Å². The van der Waals surface area contributed by atoms with Gasteiger partial charge in [0.05, 0.1) is 5.75 Å². The molecule has 0 aliphatic heterocycles. The van der Waals surface area contributed by atoms with Crippen molar-refractivity contribution < 1.29 is 9.26 Å². The molecule has 2 aromatic rings. The molecule has 0 aliphatic carbocycles. The minimum Gasteiger partial charge on any atom is -0.374 e. The maximum Gasteiger partial charge on any atom is 0.236 e. The molecule has 5 heteroatoms. The van der Waals surface area contributed by atoms with Crippen LogP contribution in [0.1, 0.15) is 30.3 Å². The molecule has 0 amide bonds. The number of rotatable bonds is 6. The van der Waals surface area contributed by atoms with E-state index in [0.717, 1.165) is 11.5 Å². The van der Waals surface area contributed by atoms with Crippen LogP contribution in [-0.4, -0.2) is 17.3 Å². The molecule has 96 valence electrons.